The van der Waals surface area contributed by atoms with Crippen LogP contribution in [0.4, 0.5) is 10.2 Å². The molecule has 0 radical (unpaired) electrons. The molecule has 3 rings (SSSR count). The zero-order valence-electron chi connectivity index (χ0n) is 15.3. The minimum atomic E-state index is -0.381. The third-order valence-corrected chi connectivity index (χ3v) is 4.44. The Morgan fingerprint density at radius 3 is 2.63 bits per heavy atom. The zero-order valence-corrected chi connectivity index (χ0v) is 16.8. The highest BCUT2D eigenvalue weighted by molar-refractivity contribution is 6.34. The number of aromatic nitrogens is 2. The van der Waals surface area contributed by atoms with Crippen molar-refractivity contribution in [3.05, 3.63) is 58.0 Å². The molecule has 1 amide bonds. The smallest absolute Gasteiger partial charge is 0.226 e. The van der Waals surface area contributed by atoms with Crippen molar-refractivity contribution >= 4 is 46.0 Å². The lowest BCUT2D eigenvalue weighted by Gasteiger charge is -2.17. The Balaban J connectivity index is 1.87. The van der Waals surface area contributed by atoms with Crippen LogP contribution in [0.15, 0.2) is 36.5 Å². The summed E-state index contributed by atoms with van der Waals surface area (Å²) in [6.45, 7) is 6.39. The number of halogens is 3. The second-order valence-corrected chi connectivity index (χ2v) is 8.57. The van der Waals surface area contributed by atoms with Gasteiger partial charge in [0.2, 0.25) is 5.91 Å². The fourth-order valence-corrected chi connectivity index (χ4v) is 3.31. The first kappa shape index (κ1) is 19.6. The van der Waals surface area contributed by atoms with E-state index in [0.717, 1.165) is 11.1 Å². The molecule has 0 unspecified atom stereocenters. The van der Waals surface area contributed by atoms with Gasteiger partial charge in [0.15, 0.2) is 5.82 Å². The van der Waals surface area contributed by atoms with Crippen LogP contribution < -0.4 is 5.32 Å². The van der Waals surface area contributed by atoms with Crippen LogP contribution >= 0.6 is 23.2 Å². The van der Waals surface area contributed by atoms with Gasteiger partial charge in [0.05, 0.1) is 16.1 Å². The van der Waals surface area contributed by atoms with Crippen molar-refractivity contribution in [3.63, 3.8) is 0 Å². The highest BCUT2D eigenvalue weighted by Crippen LogP contribution is 2.28. The van der Waals surface area contributed by atoms with Crippen LogP contribution in [0.2, 0.25) is 10.0 Å². The molecule has 0 saturated heterocycles. The van der Waals surface area contributed by atoms with Crippen LogP contribution in [0.1, 0.15) is 32.8 Å². The molecule has 0 bridgehead atoms. The molecule has 142 valence electrons. The van der Waals surface area contributed by atoms with E-state index in [-0.39, 0.29) is 17.1 Å². The zero-order chi connectivity index (χ0) is 19.8. The SMILES string of the molecule is CC(C)(C)CC(=O)Nc1nc2ccn(Cc3cc(F)cc(Cl)c3)c2cc1Cl. The number of hydrogen-bond donors (Lipinski definition) is 1. The maximum atomic E-state index is 13.6. The Labute approximate surface area is 167 Å². The van der Waals surface area contributed by atoms with Gasteiger partial charge in [-0.05, 0) is 41.3 Å². The summed E-state index contributed by atoms with van der Waals surface area (Å²) in [5.41, 5.74) is 2.08. The topological polar surface area (TPSA) is 46.9 Å². The van der Waals surface area contributed by atoms with E-state index >= 15 is 0 Å². The van der Waals surface area contributed by atoms with Crippen molar-refractivity contribution in [1.82, 2.24) is 9.55 Å². The van der Waals surface area contributed by atoms with Gasteiger partial charge in [0.1, 0.15) is 5.82 Å². The standard InChI is InChI=1S/C20H20Cl2FN3O/c1-20(2,3)10-18(27)25-19-15(22)9-17-16(24-19)4-5-26(17)11-12-6-13(21)8-14(23)7-12/h4-9H,10-11H2,1-3H3,(H,24,25,27). The number of carbonyl (C=O) groups excluding carboxylic acids is 1. The Hall–Kier alpha value is -2.11. The molecule has 1 aromatic carbocycles. The molecule has 2 heterocycles. The van der Waals surface area contributed by atoms with Crippen molar-refractivity contribution in [1.29, 1.82) is 0 Å². The van der Waals surface area contributed by atoms with Crippen molar-refractivity contribution in [3.8, 4) is 0 Å². The molecule has 0 aliphatic carbocycles. The summed E-state index contributed by atoms with van der Waals surface area (Å²) in [5.74, 6) is -0.177. The minimum absolute atomic E-state index is 0.129. The average molecular weight is 408 g/mol. The molecule has 7 heteroatoms. The van der Waals surface area contributed by atoms with E-state index < -0.39 is 0 Å². The fraction of sp³-hybridized carbons (Fsp3) is 0.300. The lowest BCUT2D eigenvalue weighted by atomic mass is 9.92. The average Bonchev–Trinajstić information content (AvgIpc) is 2.86. The van der Waals surface area contributed by atoms with E-state index in [1.165, 1.54) is 12.1 Å². The van der Waals surface area contributed by atoms with Gasteiger partial charge in [0.25, 0.3) is 0 Å². The van der Waals surface area contributed by atoms with Gasteiger partial charge in [-0.2, -0.15) is 0 Å². The Bertz CT molecular complexity index is 988. The molecular formula is C20H20Cl2FN3O. The van der Waals surface area contributed by atoms with Gasteiger partial charge in [0, 0.05) is 24.2 Å². The number of benzene rings is 1. The van der Waals surface area contributed by atoms with Crippen molar-refractivity contribution in [2.75, 3.05) is 5.32 Å². The first-order valence-electron chi connectivity index (χ1n) is 8.51. The normalized spacial score (nSPS) is 11.8. The number of hydrogen-bond acceptors (Lipinski definition) is 2. The molecule has 2 aromatic heterocycles. The van der Waals surface area contributed by atoms with Gasteiger partial charge in [-0.25, -0.2) is 9.37 Å². The predicted molar refractivity (Wildman–Crippen MR) is 108 cm³/mol. The second-order valence-electron chi connectivity index (χ2n) is 7.73. The highest BCUT2D eigenvalue weighted by Gasteiger charge is 2.18. The quantitative estimate of drug-likeness (QED) is 0.584. The predicted octanol–water partition coefficient (Wildman–Crippen LogP) is 5.91. The summed E-state index contributed by atoms with van der Waals surface area (Å²) in [4.78, 5) is 16.6. The van der Waals surface area contributed by atoms with Gasteiger partial charge >= 0.3 is 0 Å². The van der Waals surface area contributed by atoms with E-state index in [4.69, 9.17) is 23.2 Å². The van der Waals surface area contributed by atoms with Crippen LogP contribution in [0, 0.1) is 11.2 Å². The van der Waals surface area contributed by atoms with Crippen LogP contribution in [0.5, 0.6) is 0 Å². The molecule has 0 saturated carbocycles. The monoisotopic (exact) mass is 407 g/mol. The van der Waals surface area contributed by atoms with Crippen LogP contribution in [-0.2, 0) is 11.3 Å². The minimum Gasteiger partial charge on any atom is -0.342 e. The van der Waals surface area contributed by atoms with Crippen molar-refractivity contribution in [2.45, 2.75) is 33.7 Å². The molecule has 0 aliphatic heterocycles. The third-order valence-electron chi connectivity index (χ3n) is 3.93. The maximum Gasteiger partial charge on any atom is 0.226 e. The molecule has 4 nitrogen and oxygen atoms in total. The number of fused-ring (bicyclic) bond motifs is 1. The Kier molecular flexibility index (Phi) is 5.45. The molecule has 0 aliphatic rings. The summed E-state index contributed by atoms with van der Waals surface area (Å²) in [6.07, 6.45) is 2.21. The van der Waals surface area contributed by atoms with Gasteiger partial charge < -0.3 is 9.88 Å². The number of nitrogens with zero attached hydrogens (tertiary/aromatic N) is 2. The van der Waals surface area contributed by atoms with E-state index in [1.807, 2.05) is 37.6 Å². The van der Waals surface area contributed by atoms with Gasteiger partial charge in [-0.3, -0.25) is 4.79 Å². The van der Waals surface area contributed by atoms with E-state index in [9.17, 15) is 9.18 Å². The summed E-state index contributed by atoms with van der Waals surface area (Å²) < 4.78 is 15.5. The number of pyridine rings is 1. The number of rotatable bonds is 4. The number of anilines is 1. The van der Waals surface area contributed by atoms with E-state index in [0.29, 0.717) is 34.3 Å². The third kappa shape index (κ3) is 4.99. The molecule has 0 fully saturated rings. The van der Waals surface area contributed by atoms with Crippen molar-refractivity contribution in [2.24, 2.45) is 5.41 Å². The summed E-state index contributed by atoms with van der Waals surface area (Å²) in [7, 11) is 0. The number of amides is 1. The highest BCUT2D eigenvalue weighted by atomic mass is 35.5. The number of carbonyl (C=O) groups is 1. The first-order valence-corrected chi connectivity index (χ1v) is 9.26. The van der Waals surface area contributed by atoms with E-state index in [1.54, 1.807) is 12.1 Å². The first-order chi connectivity index (χ1) is 12.6. The molecular weight excluding hydrogens is 388 g/mol. The summed E-state index contributed by atoms with van der Waals surface area (Å²) in [5, 5.41) is 3.47. The molecule has 3 aromatic rings. The fourth-order valence-electron chi connectivity index (χ4n) is 2.87. The summed E-state index contributed by atoms with van der Waals surface area (Å²) >= 11 is 12.3. The molecule has 27 heavy (non-hydrogen) atoms. The Morgan fingerprint density at radius 2 is 1.96 bits per heavy atom. The van der Waals surface area contributed by atoms with Gasteiger partial charge in [-0.15, -0.1) is 0 Å². The van der Waals surface area contributed by atoms with Crippen molar-refractivity contribution < 1.29 is 9.18 Å². The lowest BCUT2D eigenvalue weighted by molar-refractivity contribution is -0.117. The second kappa shape index (κ2) is 7.49. The number of nitrogens with one attached hydrogen (secondary N) is 1. The molecule has 1 N–H and O–H groups in total. The van der Waals surface area contributed by atoms with Gasteiger partial charge in [-0.1, -0.05) is 44.0 Å². The summed E-state index contributed by atoms with van der Waals surface area (Å²) in [6, 6.07) is 7.99. The van der Waals surface area contributed by atoms with Crippen LogP contribution in [-0.4, -0.2) is 15.5 Å². The largest absolute Gasteiger partial charge is 0.342 e. The lowest BCUT2D eigenvalue weighted by Crippen LogP contribution is -2.20. The molecule has 0 spiro atoms. The molecule has 0 atom stereocenters. The Morgan fingerprint density at radius 1 is 1.22 bits per heavy atom. The maximum absolute atomic E-state index is 13.6. The van der Waals surface area contributed by atoms with Crippen LogP contribution in [0.25, 0.3) is 11.0 Å². The van der Waals surface area contributed by atoms with E-state index in [2.05, 4.69) is 10.3 Å². The van der Waals surface area contributed by atoms with Crippen LogP contribution in [0.3, 0.4) is 0 Å².